The van der Waals surface area contributed by atoms with Gasteiger partial charge in [-0.15, -0.1) is 0 Å². The number of hydrogen-bond donors (Lipinski definition) is 0. The maximum absolute atomic E-state index is 14.5. The molecule has 2 atom stereocenters. The average molecular weight is 560 g/mol. The van der Waals surface area contributed by atoms with Gasteiger partial charge in [-0.25, -0.2) is 17.2 Å². The Morgan fingerprint density at radius 2 is 1.34 bits per heavy atom. The molecule has 0 fully saturated rings. The fraction of sp³-hybridized carbons (Fsp3) is 0.263. The maximum Gasteiger partial charge on any atom is 0.501 e. The summed E-state index contributed by atoms with van der Waals surface area (Å²) in [7, 11) is -5.73. The van der Waals surface area contributed by atoms with Crippen molar-refractivity contribution in [2.75, 3.05) is 0 Å². The van der Waals surface area contributed by atoms with Gasteiger partial charge in [-0.1, -0.05) is 68.3 Å². The highest BCUT2D eigenvalue weighted by atomic mass is 79.9. The highest BCUT2D eigenvalue weighted by Gasteiger charge is 2.54. The molecule has 10 heteroatoms. The first-order valence-electron chi connectivity index (χ1n) is 8.21. The Labute approximate surface area is 181 Å². The van der Waals surface area contributed by atoms with Crippen molar-refractivity contribution in [3.05, 3.63) is 82.3 Å². The first-order chi connectivity index (χ1) is 13.3. The number of rotatable bonds is 3. The van der Waals surface area contributed by atoms with Crippen LogP contribution in [0.3, 0.4) is 0 Å². The Balaban J connectivity index is 2.28. The van der Waals surface area contributed by atoms with Crippen molar-refractivity contribution < 1.29 is 30.4 Å². The van der Waals surface area contributed by atoms with Crippen molar-refractivity contribution in [3.63, 3.8) is 0 Å². The molecule has 0 radical (unpaired) electrons. The van der Waals surface area contributed by atoms with Crippen molar-refractivity contribution in [1.29, 1.82) is 0 Å². The quantitative estimate of drug-likeness (QED) is 0.319. The van der Waals surface area contributed by atoms with Gasteiger partial charge in [-0.3, -0.25) is 0 Å². The first-order valence-corrected chi connectivity index (χ1v) is 11.3. The summed E-state index contributed by atoms with van der Waals surface area (Å²) in [5.41, 5.74) is -5.64. The monoisotopic (exact) mass is 558 g/mol. The van der Waals surface area contributed by atoms with Crippen molar-refractivity contribution in [2.45, 2.75) is 27.0 Å². The number of alkyl halides is 5. The van der Waals surface area contributed by atoms with Crippen LogP contribution in [-0.4, -0.2) is 13.9 Å². The largest absolute Gasteiger partial charge is 0.501 e. The molecule has 3 rings (SSSR count). The summed E-state index contributed by atoms with van der Waals surface area (Å²) < 4.78 is 90.0. The summed E-state index contributed by atoms with van der Waals surface area (Å²) in [5, 5.41) is 0. The van der Waals surface area contributed by atoms with Crippen LogP contribution in [0.15, 0.2) is 59.5 Å². The highest BCUT2D eigenvalue weighted by molar-refractivity contribution is 9.10. The van der Waals surface area contributed by atoms with Crippen molar-refractivity contribution in [1.82, 2.24) is 0 Å². The molecule has 0 saturated carbocycles. The second-order valence-corrected chi connectivity index (χ2v) is 11.6. The summed E-state index contributed by atoms with van der Waals surface area (Å²) in [4.78, 5) is -0.975. The van der Waals surface area contributed by atoms with Crippen LogP contribution in [0.2, 0.25) is 0 Å². The highest BCUT2D eigenvalue weighted by Crippen LogP contribution is 2.57. The number of sulfone groups is 1. The lowest BCUT2D eigenvalue weighted by Crippen LogP contribution is -2.38. The first kappa shape index (κ1) is 22.4. The van der Waals surface area contributed by atoms with Gasteiger partial charge in [0.1, 0.15) is 11.6 Å². The summed E-state index contributed by atoms with van der Waals surface area (Å²) in [6.45, 7) is 0. The SMILES string of the molecule is O=S(=O)(C1=CC(Br)(c2ccccc2F)CC(Br)(c2ccccc2F)C1)C(F)(F)F. The van der Waals surface area contributed by atoms with E-state index in [-0.39, 0.29) is 17.5 Å². The lowest BCUT2D eigenvalue weighted by Gasteiger charge is -2.41. The van der Waals surface area contributed by atoms with Gasteiger partial charge in [0, 0.05) is 17.5 Å². The van der Waals surface area contributed by atoms with Crippen LogP contribution in [0.5, 0.6) is 0 Å². The molecule has 0 bridgehead atoms. The number of hydrogen-bond acceptors (Lipinski definition) is 2. The third kappa shape index (κ3) is 4.03. The van der Waals surface area contributed by atoms with Crippen LogP contribution < -0.4 is 0 Å². The van der Waals surface area contributed by atoms with E-state index < -0.39 is 47.0 Å². The van der Waals surface area contributed by atoms with Gasteiger partial charge in [0.05, 0.1) is 13.6 Å². The van der Waals surface area contributed by atoms with E-state index in [1.54, 1.807) is 0 Å². The molecule has 29 heavy (non-hydrogen) atoms. The summed E-state index contributed by atoms with van der Waals surface area (Å²) in [5.74, 6) is -1.46. The summed E-state index contributed by atoms with van der Waals surface area (Å²) >= 11 is 6.54. The molecule has 2 aromatic carbocycles. The molecular formula is C19H13Br2F5O2S. The standard InChI is InChI=1S/C19H13Br2F5O2S/c20-17(13-5-1-3-7-15(13)22)9-12(29(27,28)19(24,25)26)10-18(21,11-17)14-6-2-4-8-16(14)23/h1-9H,10-11H2. The van der Waals surface area contributed by atoms with Crippen molar-refractivity contribution in [2.24, 2.45) is 0 Å². The zero-order chi connectivity index (χ0) is 21.7. The molecule has 0 aromatic heterocycles. The molecule has 2 aromatic rings. The van der Waals surface area contributed by atoms with Crippen LogP contribution in [0, 0.1) is 11.6 Å². The van der Waals surface area contributed by atoms with E-state index in [9.17, 15) is 30.4 Å². The lowest BCUT2D eigenvalue weighted by molar-refractivity contribution is -0.0428. The Kier molecular flexibility index (Phi) is 5.77. The third-order valence-corrected chi connectivity index (χ3v) is 8.20. The van der Waals surface area contributed by atoms with E-state index in [1.807, 2.05) is 0 Å². The van der Waals surface area contributed by atoms with Gasteiger partial charge in [0.15, 0.2) is 0 Å². The predicted octanol–water partition coefficient (Wildman–Crippen LogP) is 6.46. The van der Waals surface area contributed by atoms with E-state index in [2.05, 4.69) is 31.9 Å². The molecule has 0 amide bonds. The zero-order valence-electron chi connectivity index (χ0n) is 14.5. The molecule has 1 aliphatic rings. The Bertz CT molecular complexity index is 1080. The smallest absolute Gasteiger partial charge is 0.215 e. The van der Waals surface area contributed by atoms with E-state index in [4.69, 9.17) is 0 Å². The zero-order valence-corrected chi connectivity index (χ0v) is 18.5. The fourth-order valence-electron chi connectivity index (χ4n) is 3.41. The van der Waals surface area contributed by atoms with Crippen LogP contribution >= 0.6 is 31.9 Å². The fourth-order valence-corrected chi connectivity index (χ4v) is 7.36. The predicted molar refractivity (Wildman–Crippen MR) is 106 cm³/mol. The number of halogens is 7. The minimum atomic E-state index is -5.73. The van der Waals surface area contributed by atoms with E-state index >= 15 is 0 Å². The van der Waals surface area contributed by atoms with Gasteiger partial charge >= 0.3 is 5.51 Å². The van der Waals surface area contributed by atoms with Crippen molar-refractivity contribution >= 4 is 41.7 Å². The number of allylic oxidation sites excluding steroid dienone is 2. The second kappa shape index (κ2) is 7.46. The Hall–Kier alpha value is -1.26. The van der Waals surface area contributed by atoms with Gasteiger partial charge in [-0.05, 0) is 24.6 Å². The van der Waals surface area contributed by atoms with E-state index in [0.29, 0.717) is 0 Å². The molecule has 0 saturated heterocycles. The topological polar surface area (TPSA) is 34.1 Å². The van der Waals surface area contributed by atoms with Gasteiger partial charge < -0.3 is 0 Å². The normalized spacial score (nSPS) is 25.6. The van der Waals surface area contributed by atoms with Crippen LogP contribution in [0.4, 0.5) is 22.0 Å². The molecule has 0 heterocycles. The molecular weight excluding hydrogens is 547 g/mol. The van der Waals surface area contributed by atoms with E-state index in [0.717, 1.165) is 18.2 Å². The lowest BCUT2D eigenvalue weighted by atomic mass is 9.78. The molecule has 2 unspecified atom stereocenters. The van der Waals surface area contributed by atoms with Gasteiger partial charge in [0.2, 0.25) is 0 Å². The maximum atomic E-state index is 14.5. The Morgan fingerprint density at radius 1 is 0.862 bits per heavy atom. The van der Waals surface area contributed by atoms with Crippen LogP contribution in [-0.2, 0) is 18.5 Å². The molecule has 1 aliphatic carbocycles. The van der Waals surface area contributed by atoms with Crippen LogP contribution in [0.1, 0.15) is 24.0 Å². The molecule has 156 valence electrons. The van der Waals surface area contributed by atoms with Gasteiger partial charge in [0.25, 0.3) is 9.84 Å². The molecule has 2 nitrogen and oxygen atoms in total. The van der Waals surface area contributed by atoms with Crippen molar-refractivity contribution in [3.8, 4) is 0 Å². The minimum absolute atomic E-state index is 0.0249. The summed E-state index contributed by atoms with van der Waals surface area (Å²) in [6, 6.07) is 10.7. The second-order valence-electron chi connectivity index (χ2n) is 6.70. The average Bonchev–Trinajstić information content (AvgIpc) is 2.60. The Morgan fingerprint density at radius 3 is 1.83 bits per heavy atom. The number of benzene rings is 2. The van der Waals surface area contributed by atoms with Crippen LogP contribution in [0.25, 0.3) is 0 Å². The third-order valence-electron chi connectivity index (χ3n) is 4.71. The molecule has 0 aliphatic heterocycles. The molecule has 0 N–H and O–H groups in total. The molecule has 0 spiro atoms. The van der Waals surface area contributed by atoms with Gasteiger partial charge in [-0.2, -0.15) is 13.2 Å². The van der Waals surface area contributed by atoms with E-state index in [1.165, 1.54) is 36.4 Å². The minimum Gasteiger partial charge on any atom is -0.215 e. The summed E-state index contributed by atoms with van der Waals surface area (Å²) in [6.07, 6.45) is 0.0604.